The normalized spacial score (nSPS) is 9.93. The lowest BCUT2D eigenvalue weighted by atomic mass is 10.2. The molecule has 0 fully saturated rings. The first-order valence-electron chi connectivity index (χ1n) is 4.77. The van der Waals surface area contributed by atoms with Gasteiger partial charge in [-0.25, -0.2) is 0 Å². The minimum atomic E-state index is 0.242. The lowest BCUT2D eigenvalue weighted by Crippen LogP contribution is -1.83. The predicted molar refractivity (Wildman–Crippen MR) is 59.4 cm³/mol. The minimum Gasteiger partial charge on any atom is -0.508 e. The highest BCUT2D eigenvalue weighted by Gasteiger charge is 1.97. The van der Waals surface area contributed by atoms with Crippen molar-refractivity contribution in [3.63, 3.8) is 0 Å². The van der Waals surface area contributed by atoms with Crippen LogP contribution in [0.4, 0.5) is 0 Å². The monoisotopic (exact) mass is 200 g/mol. The molecule has 15 heavy (non-hydrogen) atoms. The maximum atomic E-state index is 9.11. The number of hydrogen-bond acceptors (Lipinski definition) is 2. The van der Waals surface area contributed by atoms with Crippen LogP contribution in [-0.4, -0.2) is 5.11 Å². The van der Waals surface area contributed by atoms with E-state index in [4.69, 9.17) is 9.84 Å². The zero-order valence-electron chi connectivity index (χ0n) is 8.47. The number of aromatic hydroxyl groups is 1. The lowest BCUT2D eigenvalue weighted by Gasteiger charge is -2.05. The molecule has 0 radical (unpaired) electrons. The van der Waals surface area contributed by atoms with Gasteiger partial charge in [-0.3, -0.25) is 0 Å². The molecular formula is C13H12O2. The van der Waals surface area contributed by atoms with Crippen LogP contribution in [0.3, 0.4) is 0 Å². The average molecular weight is 200 g/mol. The summed E-state index contributed by atoms with van der Waals surface area (Å²) in [5, 5.41) is 9.11. The van der Waals surface area contributed by atoms with Crippen molar-refractivity contribution in [1.29, 1.82) is 0 Å². The van der Waals surface area contributed by atoms with E-state index in [2.05, 4.69) is 0 Å². The molecule has 0 amide bonds. The van der Waals surface area contributed by atoms with E-state index < -0.39 is 0 Å². The van der Waals surface area contributed by atoms with E-state index in [-0.39, 0.29) is 5.75 Å². The van der Waals surface area contributed by atoms with Crippen LogP contribution in [0.5, 0.6) is 17.2 Å². The summed E-state index contributed by atoms with van der Waals surface area (Å²) >= 11 is 0. The third kappa shape index (κ3) is 2.50. The molecule has 0 aromatic heterocycles. The first-order chi connectivity index (χ1) is 7.24. The van der Waals surface area contributed by atoms with Crippen LogP contribution < -0.4 is 4.74 Å². The van der Waals surface area contributed by atoms with Crippen molar-refractivity contribution in [2.75, 3.05) is 0 Å². The smallest absolute Gasteiger partial charge is 0.127 e. The number of rotatable bonds is 2. The Kier molecular flexibility index (Phi) is 2.59. The fourth-order valence-electron chi connectivity index (χ4n) is 1.33. The van der Waals surface area contributed by atoms with Crippen LogP contribution in [0.2, 0.25) is 0 Å². The molecule has 0 spiro atoms. The minimum absolute atomic E-state index is 0.242. The van der Waals surface area contributed by atoms with Crippen molar-refractivity contribution in [1.82, 2.24) is 0 Å². The summed E-state index contributed by atoms with van der Waals surface area (Å²) in [5.74, 6) is 1.77. The molecule has 2 rings (SSSR count). The van der Waals surface area contributed by atoms with Crippen LogP contribution >= 0.6 is 0 Å². The van der Waals surface area contributed by atoms with E-state index in [1.165, 1.54) is 0 Å². The predicted octanol–water partition coefficient (Wildman–Crippen LogP) is 3.49. The molecule has 0 bridgehead atoms. The van der Waals surface area contributed by atoms with Gasteiger partial charge in [-0.05, 0) is 48.9 Å². The summed E-state index contributed by atoms with van der Waals surface area (Å²) in [6.07, 6.45) is 0. The Morgan fingerprint density at radius 1 is 0.933 bits per heavy atom. The van der Waals surface area contributed by atoms with Crippen LogP contribution in [0.1, 0.15) is 5.56 Å². The molecule has 0 aliphatic rings. The van der Waals surface area contributed by atoms with Crippen molar-refractivity contribution in [3.05, 3.63) is 54.1 Å². The number of benzene rings is 2. The van der Waals surface area contributed by atoms with Crippen molar-refractivity contribution in [3.8, 4) is 17.2 Å². The Bertz CT molecular complexity index is 446. The van der Waals surface area contributed by atoms with E-state index >= 15 is 0 Å². The Morgan fingerprint density at radius 2 is 1.67 bits per heavy atom. The fourth-order valence-corrected chi connectivity index (χ4v) is 1.33. The molecule has 0 unspecified atom stereocenters. The standard InChI is InChI=1S/C13H12O2/c1-10-3-2-4-13(9-10)15-12-7-5-11(14)6-8-12/h2-9,14H,1H3. The Balaban J connectivity index is 2.18. The molecule has 0 aliphatic heterocycles. The van der Waals surface area contributed by atoms with E-state index in [0.29, 0.717) is 0 Å². The zero-order valence-corrected chi connectivity index (χ0v) is 8.47. The van der Waals surface area contributed by atoms with Crippen molar-refractivity contribution < 1.29 is 9.84 Å². The number of ether oxygens (including phenoxy) is 1. The SMILES string of the molecule is Cc1cccc(Oc2ccc(O)cc2)c1. The summed E-state index contributed by atoms with van der Waals surface area (Å²) in [4.78, 5) is 0. The molecule has 0 heterocycles. The van der Waals surface area contributed by atoms with Gasteiger partial charge in [0.05, 0.1) is 0 Å². The van der Waals surface area contributed by atoms with Gasteiger partial charge in [-0.2, -0.15) is 0 Å². The molecular weight excluding hydrogens is 188 g/mol. The van der Waals surface area contributed by atoms with Gasteiger partial charge in [0.15, 0.2) is 0 Å². The Labute approximate surface area is 88.8 Å². The molecule has 2 aromatic carbocycles. The molecule has 76 valence electrons. The second-order valence-corrected chi connectivity index (χ2v) is 3.41. The molecule has 0 saturated heterocycles. The van der Waals surface area contributed by atoms with Gasteiger partial charge in [0.2, 0.25) is 0 Å². The number of phenols is 1. The van der Waals surface area contributed by atoms with Crippen LogP contribution in [-0.2, 0) is 0 Å². The Morgan fingerprint density at radius 3 is 2.33 bits per heavy atom. The van der Waals surface area contributed by atoms with Crippen LogP contribution in [0.25, 0.3) is 0 Å². The largest absolute Gasteiger partial charge is 0.508 e. The maximum Gasteiger partial charge on any atom is 0.127 e. The van der Waals surface area contributed by atoms with Crippen LogP contribution in [0, 0.1) is 6.92 Å². The summed E-state index contributed by atoms with van der Waals surface area (Å²) < 4.78 is 5.60. The summed E-state index contributed by atoms with van der Waals surface area (Å²) in [6, 6.07) is 14.5. The van der Waals surface area contributed by atoms with E-state index in [9.17, 15) is 0 Å². The van der Waals surface area contributed by atoms with Gasteiger partial charge < -0.3 is 9.84 Å². The molecule has 2 heteroatoms. The van der Waals surface area contributed by atoms with E-state index in [0.717, 1.165) is 17.1 Å². The zero-order chi connectivity index (χ0) is 10.7. The summed E-state index contributed by atoms with van der Waals surface area (Å²) in [6.45, 7) is 2.02. The van der Waals surface area contributed by atoms with Gasteiger partial charge in [-0.1, -0.05) is 12.1 Å². The van der Waals surface area contributed by atoms with E-state index in [1.54, 1.807) is 24.3 Å². The molecule has 0 aliphatic carbocycles. The van der Waals surface area contributed by atoms with Gasteiger partial charge >= 0.3 is 0 Å². The van der Waals surface area contributed by atoms with Crippen molar-refractivity contribution >= 4 is 0 Å². The first-order valence-corrected chi connectivity index (χ1v) is 4.77. The topological polar surface area (TPSA) is 29.5 Å². The highest BCUT2D eigenvalue weighted by molar-refractivity contribution is 5.36. The molecule has 0 atom stereocenters. The lowest BCUT2D eigenvalue weighted by molar-refractivity contribution is 0.464. The average Bonchev–Trinajstić information content (AvgIpc) is 2.22. The highest BCUT2D eigenvalue weighted by atomic mass is 16.5. The van der Waals surface area contributed by atoms with Crippen molar-refractivity contribution in [2.45, 2.75) is 6.92 Å². The van der Waals surface area contributed by atoms with Crippen molar-refractivity contribution in [2.24, 2.45) is 0 Å². The Hall–Kier alpha value is -1.96. The number of phenolic OH excluding ortho intramolecular Hbond substituents is 1. The second kappa shape index (κ2) is 4.05. The van der Waals surface area contributed by atoms with Gasteiger partial charge in [0.25, 0.3) is 0 Å². The summed E-state index contributed by atoms with van der Waals surface area (Å²) in [5.41, 5.74) is 1.16. The van der Waals surface area contributed by atoms with Gasteiger partial charge in [0.1, 0.15) is 17.2 Å². The van der Waals surface area contributed by atoms with E-state index in [1.807, 2.05) is 31.2 Å². The molecule has 2 nitrogen and oxygen atoms in total. The highest BCUT2D eigenvalue weighted by Crippen LogP contribution is 2.23. The van der Waals surface area contributed by atoms with Gasteiger partial charge in [-0.15, -0.1) is 0 Å². The first kappa shape index (κ1) is 9.59. The third-order valence-electron chi connectivity index (χ3n) is 2.06. The number of hydrogen-bond donors (Lipinski definition) is 1. The van der Waals surface area contributed by atoms with Crippen LogP contribution in [0.15, 0.2) is 48.5 Å². The maximum absolute atomic E-state index is 9.11. The number of aryl methyl sites for hydroxylation is 1. The molecule has 1 N–H and O–H groups in total. The van der Waals surface area contributed by atoms with Gasteiger partial charge in [0, 0.05) is 0 Å². The quantitative estimate of drug-likeness (QED) is 0.804. The molecule has 2 aromatic rings. The fraction of sp³-hybridized carbons (Fsp3) is 0.0769. The second-order valence-electron chi connectivity index (χ2n) is 3.41. The third-order valence-corrected chi connectivity index (χ3v) is 2.06. The molecule has 0 saturated carbocycles. The summed E-state index contributed by atoms with van der Waals surface area (Å²) in [7, 11) is 0.